The van der Waals surface area contributed by atoms with E-state index in [1.807, 2.05) is 14.1 Å². The van der Waals surface area contributed by atoms with Crippen LogP contribution < -0.4 is 0 Å². The molecule has 2 nitrogen and oxygen atoms in total. The van der Waals surface area contributed by atoms with Crippen LogP contribution in [0.4, 0.5) is 0 Å². The van der Waals surface area contributed by atoms with Gasteiger partial charge in [-0.3, -0.25) is 0 Å². The summed E-state index contributed by atoms with van der Waals surface area (Å²) < 4.78 is 0. The van der Waals surface area contributed by atoms with Crippen molar-refractivity contribution in [3.8, 4) is 0 Å². The maximum absolute atomic E-state index is 10.5. The van der Waals surface area contributed by atoms with E-state index in [1.165, 1.54) is 24.8 Å². The minimum absolute atomic E-state index is 0.252. The molecule has 1 fully saturated rings. The highest BCUT2D eigenvalue weighted by molar-refractivity contribution is 5.29. The molecule has 0 amide bonds. The Bertz CT molecular complexity index is 390. The number of hydrogen-bond donors (Lipinski definition) is 1. The molecule has 1 saturated carbocycles. The van der Waals surface area contributed by atoms with Gasteiger partial charge in [-0.15, -0.1) is 0 Å². The van der Waals surface area contributed by atoms with E-state index in [2.05, 4.69) is 43.0 Å². The number of hydrogen-bond acceptors (Lipinski definition) is 2. The lowest BCUT2D eigenvalue weighted by Crippen LogP contribution is -2.43. The van der Waals surface area contributed by atoms with Gasteiger partial charge in [0, 0.05) is 5.54 Å². The Hall–Kier alpha value is -0.860. The zero-order valence-electron chi connectivity index (χ0n) is 12.0. The molecular weight excluding hydrogens is 222 g/mol. The fourth-order valence-corrected chi connectivity index (χ4v) is 2.34. The summed E-state index contributed by atoms with van der Waals surface area (Å²) >= 11 is 0. The second kappa shape index (κ2) is 5.02. The maximum Gasteiger partial charge on any atom is 0.0967 e. The van der Waals surface area contributed by atoms with E-state index >= 15 is 0 Å². The molecule has 0 heterocycles. The Morgan fingerprint density at radius 2 is 1.72 bits per heavy atom. The molecule has 0 aliphatic heterocycles. The second-order valence-corrected chi connectivity index (χ2v) is 6.25. The van der Waals surface area contributed by atoms with Crippen molar-refractivity contribution in [3.05, 3.63) is 35.4 Å². The summed E-state index contributed by atoms with van der Waals surface area (Å²) in [6.45, 7) is 4.13. The normalized spacial score (nSPS) is 18.8. The second-order valence-electron chi connectivity index (χ2n) is 6.25. The molecule has 1 aliphatic carbocycles. The fourth-order valence-electron chi connectivity index (χ4n) is 2.34. The minimum Gasteiger partial charge on any atom is -0.386 e. The van der Waals surface area contributed by atoms with E-state index in [0.717, 1.165) is 11.5 Å². The van der Waals surface area contributed by atoms with Gasteiger partial charge in [-0.05, 0) is 57.8 Å². The predicted octanol–water partition coefficient (Wildman–Crippen LogP) is 3.33. The largest absolute Gasteiger partial charge is 0.386 e. The Morgan fingerprint density at radius 1 is 1.17 bits per heavy atom. The summed E-state index contributed by atoms with van der Waals surface area (Å²) in [5.41, 5.74) is 2.19. The highest BCUT2D eigenvalue weighted by atomic mass is 16.3. The van der Waals surface area contributed by atoms with Gasteiger partial charge in [-0.1, -0.05) is 30.7 Å². The molecule has 1 aromatic rings. The van der Waals surface area contributed by atoms with Crippen molar-refractivity contribution < 1.29 is 5.11 Å². The first-order chi connectivity index (χ1) is 8.43. The van der Waals surface area contributed by atoms with Gasteiger partial charge in [0.1, 0.15) is 0 Å². The summed E-state index contributed by atoms with van der Waals surface area (Å²) in [5.74, 6) is 0.762. The summed E-state index contributed by atoms with van der Waals surface area (Å²) in [4.78, 5) is 2.07. The average Bonchev–Trinajstić information content (AvgIpc) is 2.26. The van der Waals surface area contributed by atoms with Crippen molar-refractivity contribution >= 4 is 0 Å². The van der Waals surface area contributed by atoms with Crippen LogP contribution in [0.25, 0.3) is 0 Å². The standard InChI is InChI=1S/C16H25NO/c1-16(2,17(3)4)15(18)14-10-8-13(9-11-14)12-6-5-7-12/h8-12,15,18H,5-7H2,1-4H3. The van der Waals surface area contributed by atoms with E-state index in [4.69, 9.17) is 0 Å². The SMILES string of the molecule is CN(C)C(C)(C)C(O)c1ccc(C2CCC2)cc1. The molecule has 18 heavy (non-hydrogen) atoms. The predicted molar refractivity (Wildman–Crippen MR) is 75.8 cm³/mol. The summed E-state index contributed by atoms with van der Waals surface area (Å²) in [6.07, 6.45) is 3.56. The Kier molecular flexibility index (Phi) is 3.79. The van der Waals surface area contributed by atoms with Crippen LogP contribution in [0.5, 0.6) is 0 Å². The molecule has 0 radical (unpaired) electrons. The van der Waals surface area contributed by atoms with Crippen LogP contribution in [0.15, 0.2) is 24.3 Å². The van der Waals surface area contributed by atoms with Gasteiger partial charge in [0.05, 0.1) is 6.10 Å². The minimum atomic E-state index is -0.456. The monoisotopic (exact) mass is 247 g/mol. The van der Waals surface area contributed by atoms with Crippen LogP contribution in [-0.2, 0) is 0 Å². The zero-order valence-corrected chi connectivity index (χ0v) is 12.0. The van der Waals surface area contributed by atoms with Crippen LogP contribution in [0.1, 0.15) is 56.3 Å². The Morgan fingerprint density at radius 3 is 2.11 bits per heavy atom. The third kappa shape index (κ3) is 2.45. The molecule has 0 spiro atoms. The molecule has 1 atom stereocenters. The third-order valence-electron chi connectivity index (χ3n) is 4.65. The van der Waals surface area contributed by atoms with Crippen molar-refractivity contribution in [3.63, 3.8) is 0 Å². The van der Waals surface area contributed by atoms with Crippen LogP contribution >= 0.6 is 0 Å². The van der Waals surface area contributed by atoms with E-state index in [0.29, 0.717) is 0 Å². The quantitative estimate of drug-likeness (QED) is 0.882. The van der Waals surface area contributed by atoms with Crippen LogP contribution in [0, 0.1) is 0 Å². The summed E-state index contributed by atoms with van der Waals surface area (Å²) in [6, 6.07) is 8.55. The molecule has 1 aliphatic rings. The molecule has 100 valence electrons. The number of rotatable bonds is 4. The van der Waals surface area contributed by atoms with E-state index in [9.17, 15) is 5.11 Å². The number of aliphatic hydroxyl groups is 1. The molecule has 2 heteroatoms. The lowest BCUT2D eigenvalue weighted by Gasteiger charge is -2.37. The maximum atomic E-state index is 10.5. The number of aliphatic hydroxyl groups excluding tert-OH is 1. The third-order valence-corrected chi connectivity index (χ3v) is 4.65. The average molecular weight is 247 g/mol. The Labute approximate surface area is 111 Å². The Balaban J connectivity index is 2.13. The first-order valence-corrected chi connectivity index (χ1v) is 6.88. The highest BCUT2D eigenvalue weighted by Crippen LogP contribution is 2.37. The van der Waals surface area contributed by atoms with Crippen molar-refractivity contribution in [2.75, 3.05) is 14.1 Å². The van der Waals surface area contributed by atoms with Gasteiger partial charge in [-0.2, -0.15) is 0 Å². The molecule has 1 N–H and O–H groups in total. The van der Waals surface area contributed by atoms with Crippen molar-refractivity contribution in [2.24, 2.45) is 0 Å². The van der Waals surface area contributed by atoms with Gasteiger partial charge in [0.15, 0.2) is 0 Å². The van der Waals surface area contributed by atoms with Gasteiger partial charge in [-0.25, -0.2) is 0 Å². The summed E-state index contributed by atoms with van der Waals surface area (Å²) in [7, 11) is 4.01. The lowest BCUT2D eigenvalue weighted by molar-refractivity contribution is 0.0164. The van der Waals surface area contributed by atoms with Gasteiger partial charge >= 0.3 is 0 Å². The van der Waals surface area contributed by atoms with Crippen LogP contribution in [0.3, 0.4) is 0 Å². The molecule has 0 bridgehead atoms. The molecule has 0 saturated heterocycles. The van der Waals surface area contributed by atoms with E-state index in [1.54, 1.807) is 0 Å². The van der Waals surface area contributed by atoms with Gasteiger partial charge < -0.3 is 10.0 Å². The van der Waals surface area contributed by atoms with Gasteiger partial charge in [0.2, 0.25) is 0 Å². The van der Waals surface area contributed by atoms with Crippen molar-refractivity contribution in [1.29, 1.82) is 0 Å². The number of nitrogens with zero attached hydrogens (tertiary/aromatic N) is 1. The zero-order chi connectivity index (χ0) is 13.3. The molecular formula is C16H25NO. The van der Waals surface area contributed by atoms with Crippen molar-refractivity contribution in [1.82, 2.24) is 4.90 Å². The lowest BCUT2D eigenvalue weighted by atomic mass is 9.79. The van der Waals surface area contributed by atoms with Crippen molar-refractivity contribution in [2.45, 2.75) is 50.7 Å². The van der Waals surface area contributed by atoms with Crippen LogP contribution in [0.2, 0.25) is 0 Å². The number of benzene rings is 1. The molecule has 0 aromatic heterocycles. The first kappa shape index (κ1) is 13.6. The molecule has 2 rings (SSSR count). The van der Waals surface area contributed by atoms with Gasteiger partial charge in [0.25, 0.3) is 0 Å². The first-order valence-electron chi connectivity index (χ1n) is 6.88. The smallest absolute Gasteiger partial charge is 0.0967 e. The van der Waals surface area contributed by atoms with E-state index < -0.39 is 6.10 Å². The number of likely N-dealkylation sites (N-methyl/N-ethyl adjacent to an activating group) is 1. The molecule has 1 aromatic carbocycles. The van der Waals surface area contributed by atoms with Crippen LogP contribution in [-0.4, -0.2) is 29.6 Å². The summed E-state index contributed by atoms with van der Waals surface area (Å²) in [5, 5.41) is 10.5. The molecule has 1 unspecified atom stereocenters. The highest BCUT2D eigenvalue weighted by Gasteiger charge is 2.31. The fraction of sp³-hybridized carbons (Fsp3) is 0.625. The van der Waals surface area contributed by atoms with E-state index in [-0.39, 0.29) is 5.54 Å². The topological polar surface area (TPSA) is 23.5 Å².